The predicted molar refractivity (Wildman–Crippen MR) is 218 cm³/mol. The standard InChI is InChI=1S/C44H54O9Si2/c1-31(45)49-40-39(53-55(44(7,8)9,36-26-18-12-19-27-36)37-28-20-13-21-29-37)38(52-42(51-33(3)47)41(40)50-32(2)46)30-48-54(43(4,5)6,34-22-14-10-15-23-34)35-24-16-11-17-25-35/h10-29,38-42H,30H2,1-9H3/t38-,39-,40+,41-,42?/m0/s1. The highest BCUT2D eigenvalue weighted by molar-refractivity contribution is 7.00. The minimum absolute atomic E-state index is 0.0432. The quantitative estimate of drug-likeness (QED) is 0.102. The van der Waals surface area contributed by atoms with Crippen LogP contribution in [0.15, 0.2) is 121 Å². The van der Waals surface area contributed by atoms with Gasteiger partial charge in [0.15, 0.2) is 6.10 Å². The molecular weight excluding hydrogens is 729 g/mol. The molecule has 11 heteroatoms. The summed E-state index contributed by atoms with van der Waals surface area (Å²) in [6.45, 7) is 16.7. The average molecular weight is 783 g/mol. The van der Waals surface area contributed by atoms with Gasteiger partial charge in [-0.2, -0.15) is 0 Å². The van der Waals surface area contributed by atoms with E-state index in [4.69, 9.17) is 27.8 Å². The van der Waals surface area contributed by atoms with Crippen LogP contribution in [-0.4, -0.2) is 71.9 Å². The van der Waals surface area contributed by atoms with Crippen molar-refractivity contribution in [3.05, 3.63) is 121 Å². The molecule has 9 nitrogen and oxygen atoms in total. The Kier molecular flexibility index (Phi) is 13.0. The molecule has 1 fully saturated rings. The van der Waals surface area contributed by atoms with E-state index in [0.717, 1.165) is 20.7 Å². The van der Waals surface area contributed by atoms with Crippen LogP contribution in [0.3, 0.4) is 0 Å². The normalized spacial score (nSPS) is 20.6. The third kappa shape index (κ3) is 8.87. The summed E-state index contributed by atoms with van der Waals surface area (Å²) in [6, 6.07) is 40.5. The Balaban J connectivity index is 1.77. The molecular formula is C44H54O9Si2. The van der Waals surface area contributed by atoms with Crippen LogP contribution >= 0.6 is 0 Å². The molecule has 4 aromatic rings. The van der Waals surface area contributed by atoms with Crippen LogP contribution in [0.5, 0.6) is 0 Å². The van der Waals surface area contributed by atoms with Gasteiger partial charge in [-0.3, -0.25) is 14.4 Å². The lowest BCUT2D eigenvalue weighted by Crippen LogP contribution is -2.73. The lowest BCUT2D eigenvalue weighted by Gasteiger charge is -2.51. The Bertz CT molecular complexity index is 1800. The zero-order valence-corrected chi connectivity index (χ0v) is 35.3. The van der Waals surface area contributed by atoms with Crippen molar-refractivity contribution >= 4 is 55.3 Å². The molecule has 0 amide bonds. The molecule has 1 aliphatic rings. The molecule has 0 aromatic heterocycles. The van der Waals surface area contributed by atoms with Gasteiger partial charge in [0.05, 0.1) is 6.61 Å². The highest BCUT2D eigenvalue weighted by Gasteiger charge is 2.60. The summed E-state index contributed by atoms with van der Waals surface area (Å²) in [5, 5.41) is 3.19. The van der Waals surface area contributed by atoms with Crippen molar-refractivity contribution in [3.63, 3.8) is 0 Å². The van der Waals surface area contributed by atoms with Crippen molar-refractivity contribution < 1.29 is 42.2 Å². The van der Waals surface area contributed by atoms with Gasteiger partial charge in [-0.05, 0) is 30.8 Å². The third-order valence-electron chi connectivity index (χ3n) is 10.1. The molecule has 0 bridgehead atoms. The van der Waals surface area contributed by atoms with Gasteiger partial charge in [0, 0.05) is 20.8 Å². The van der Waals surface area contributed by atoms with Crippen molar-refractivity contribution in [2.75, 3.05) is 6.61 Å². The van der Waals surface area contributed by atoms with Crippen molar-refractivity contribution in [1.29, 1.82) is 0 Å². The van der Waals surface area contributed by atoms with Crippen LogP contribution in [0, 0.1) is 0 Å². The first-order chi connectivity index (χ1) is 26.0. The number of rotatable bonds is 12. The average Bonchev–Trinajstić information content (AvgIpc) is 3.13. The van der Waals surface area contributed by atoms with Crippen molar-refractivity contribution in [3.8, 4) is 0 Å². The number of esters is 3. The van der Waals surface area contributed by atoms with E-state index in [1.54, 1.807) is 0 Å². The van der Waals surface area contributed by atoms with Gasteiger partial charge in [0.25, 0.3) is 16.6 Å². The minimum atomic E-state index is -3.40. The van der Waals surface area contributed by atoms with Gasteiger partial charge >= 0.3 is 17.9 Å². The molecule has 4 aromatic carbocycles. The van der Waals surface area contributed by atoms with E-state index in [-0.39, 0.29) is 11.6 Å². The molecule has 5 rings (SSSR count). The van der Waals surface area contributed by atoms with Crippen LogP contribution in [0.1, 0.15) is 62.3 Å². The molecule has 292 valence electrons. The maximum atomic E-state index is 13.1. The second-order valence-electron chi connectivity index (χ2n) is 16.0. The number of benzene rings is 4. The first kappa shape index (κ1) is 41.8. The highest BCUT2D eigenvalue weighted by atomic mass is 28.4. The van der Waals surface area contributed by atoms with E-state index in [9.17, 15) is 14.4 Å². The largest absolute Gasteiger partial charge is 0.455 e. The Morgan fingerprint density at radius 3 is 1.20 bits per heavy atom. The summed E-state index contributed by atoms with van der Waals surface area (Å²) in [7, 11) is -6.56. The molecule has 0 N–H and O–H groups in total. The first-order valence-corrected chi connectivity index (χ1v) is 22.5. The number of hydrogen-bond acceptors (Lipinski definition) is 9. The predicted octanol–water partition coefficient (Wildman–Crippen LogP) is 5.66. The second-order valence-corrected chi connectivity index (χ2v) is 24.6. The summed E-state index contributed by atoms with van der Waals surface area (Å²) in [6.07, 6.45) is -6.09. The zero-order valence-electron chi connectivity index (χ0n) is 33.3. The Hall–Kier alpha value is -4.40. The van der Waals surface area contributed by atoms with Crippen molar-refractivity contribution in [2.24, 2.45) is 0 Å². The summed E-state index contributed by atoms with van der Waals surface area (Å²) < 4.78 is 39.5. The fourth-order valence-electron chi connectivity index (χ4n) is 7.92. The van der Waals surface area contributed by atoms with Gasteiger partial charge in [-0.25, -0.2) is 0 Å². The Morgan fingerprint density at radius 1 is 0.509 bits per heavy atom. The number of ether oxygens (including phenoxy) is 4. The van der Waals surface area contributed by atoms with Gasteiger partial charge in [-0.15, -0.1) is 0 Å². The van der Waals surface area contributed by atoms with Crippen molar-refractivity contribution in [1.82, 2.24) is 0 Å². The fraction of sp³-hybridized carbons (Fsp3) is 0.386. The van der Waals surface area contributed by atoms with Gasteiger partial charge in [0.2, 0.25) is 12.4 Å². The van der Waals surface area contributed by atoms with E-state index in [1.807, 2.05) is 72.8 Å². The summed E-state index contributed by atoms with van der Waals surface area (Å²) >= 11 is 0. The number of hydrogen-bond donors (Lipinski definition) is 0. The molecule has 1 unspecified atom stereocenters. The molecule has 0 radical (unpaired) electrons. The molecule has 55 heavy (non-hydrogen) atoms. The van der Waals surface area contributed by atoms with Gasteiger partial charge in [-0.1, -0.05) is 163 Å². The lowest BCUT2D eigenvalue weighted by atomic mass is 9.98. The molecule has 0 spiro atoms. The third-order valence-corrected chi connectivity index (χ3v) is 20.1. The van der Waals surface area contributed by atoms with E-state index in [0.29, 0.717) is 0 Å². The summed E-state index contributed by atoms with van der Waals surface area (Å²) in [4.78, 5) is 38.4. The summed E-state index contributed by atoms with van der Waals surface area (Å²) in [5.74, 6) is -1.97. The van der Waals surface area contributed by atoms with Crippen LogP contribution in [-0.2, 0) is 42.2 Å². The SMILES string of the molecule is CC(=O)OC1O[C@@H](CO[Si](c2ccccc2)(c2ccccc2)C(C)(C)C)[C@H](O[Si](c2ccccc2)(c2ccccc2)C(C)(C)C)[C@@H](OC(C)=O)[C@@H]1OC(C)=O. The summed E-state index contributed by atoms with van der Waals surface area (Å²) in [5.41, 5.74) is 0. The Labute approximate surface area is 327 Å². The topological polar surface area (TPSA) is 107 Å². The van der Waals surface area contributed by atoms with Gasteiger partial charge in [0.1, 0.15) is 12.2 Å². The molecule has 0 aliphatic carbocycles. The minimum Gasteiger partial charge on any atom is -0.455 e. The number of carbonyl (C=O) groups excluding carboxylic acids is 3. The highest BCUT2D eigenvalue weighted by Crippen LogP contribution is 2.42. The van der Waals surface area contributed by atoms with Crippen molar-refractivity contribution in [2.45, 2.75) is 103 Å². The lowest BCUT2D eigenvalue weighted by molar-refractivity contribution is -0.294. The molecule has 1 saturated heterocycles. The van der Waals surface area contributed by atoms with Crippen LogP contribution < -0.4 is 20.7 Å². The molecule has 0 saturated carbocycles. The maximum absolute atomic E-state index is 13.1. The van der Waals surface area contributed by atoms with Gasteiger partial charge < -0.3 is 27.8 Å². The monoisotopic (exact) mass is 782 g/mol. The van der Waals surface area contributed by atoms with E-state index in [1.165, 1.54) is 20.8 Å². The van der Waals surface area contributed by atoms with E-state index in [2.05, 4.69) is 90.1 Å². The molecule has 1 heterocycles. The van der Waals surface area contributed by atoms with E-state index >= 15 is 0 Å². The first-order valence-electron chi connectivity index (χ1n) is 18.7. The van der Waals surface area contributed by atoms with E-state index < -0.39 is 70.3 Å². The smallest absolute Gasteiger partial charge is 0.305 e. The second kappa shape index (κ2) is 17.2. The van der Waals surface area contributed by atoms with Crippen LogP contribution in [0.4, 0.5) is 0 Å². The molecule has 5 atom stereocenters. The van der Waals surface area contributed by atoms with Crippen LogP contribution in [0.2, 0.25) is 10.1 Å². The fourth-order valence-corrected chi connectivity index (χ4v) is 17.2. The molecule has 1 aliphatic heterocycles. The number of carbonyl (C=O) groups is 3. The van der Waals surface area contributed by atoms with Crippen LogP contribution in [0.25, 0.3) is 0 Å². The Morgan fingerprint density at radius 2 is 0.855 bits per heavy atom. The zero-order chi connectivity index (χ0) is 40.0. The maximum Gasteiger partial charge on any atom is 0.305 e.